The van der Waals surface area contributed by atoms with Gasteiger partial charge in [-0.3, -0.25) is 4.21 Å². The number of benzene rings is 1. The number of hydrogen-bond donors (Lipinski definition) is 0. The minimum atomic E-state index is -4.91. The largest absolute Gasteiger partial charge is 0.769 e. The van der Waals surface area contributed by atoms with Crippen LogP contribution in [-0.4, -0.2) is 40.8 Å². The first-order valence-corrected chi connectivity index (χ1v) is 9.28. The summed E-state index contributed by atoms with van der Waals surface area (Å²) in [5.41, 5.74) is -3.43. The summed E-state index contributed by atoms with van der Waals surface area (Å²) in [5, 5.41) is 2.90. The second kappa shape index (κ2) is 7.94. The highest BCUT2D eigenvalue weighted by atomic mass is 32.2. The van der Waals surface area contributed by atoms with E-state index in [9.17, 15) is 30.4 Å². The van der Waals surface area contributed by atoms with Crippen LogP contribution in [-0.2, 0) is 26.0 Å². The van der Waals surface area contributed by atoms with Gasteiger partial charge in [-0.05, 0) is 41.8 Å². The Balaban J connectivity index is 3.11. The average Bonchev–Trinajstić information content (AvgIpc) is 2.41. The minimum Gasteiger partial charge on any atom is -0.769 e. The summed E-state index contributed by atoms with van der Waals surface area (Å²) >= 11 is -2.75. The summed E-state index contributed by atoms with van der Waals surface area (Å²) in [7, 11) is -3.82. The second-order valence-electron chi connectivity index (χ2n) is 4.45. The summed E-state index contributed by atoms with van der Waals surface area (Å²) in [6.45, 7) is 1.40. The maximum absolute atomic E-state index is 13.0. The third-order valence-corrected chi connectivity index (χ3v) is 3.80. The van der Waals surface area contributed by atoms with Gasteiger partial charge >= 0.3 is 16.3 Å². The van der Waals surface area contributed by atoms with E-state index in [1.165, 1.54) is 6.92 Å². The van der Waals surface area contributed by atoms with E-state index in [1.807, 2.05) is 0 Å². The van der Waals surface area contributed by atoms with Gasteiger partial charge in [0.15, 0.2) is 11.1 Å². The highest BCUT2D eigenvalue weighted by molar-refractivity contribution is 7.86. The molecule has 1 aromatic rings. The number of alkyl halides is 3. The van der Waals surface area contributed by atoms with Crippen molar-refractivity contribution >= 4 is 26.9 Å². The molecule has 7 nitrogen and oxygen atoms in total. The molecule has 0 bridgehead atoms. The molecule has 0 aliphatic carbocycles. The first-order chi connectivity index (χ1) is 10.9. The molecule has 0 saturated carbocycles. The van der Waals surface area contributed by atoms with Crippen LogP contribution < -0.4 is 4.18 Å². The van der Waals surface area contributed by atoms with E-state index in [0.29, 0.717) is 0 Å². The van der Waals surface area contributed by atoms with Crippen molar-refractivity contribution in [1.82, 2.24) is 0 Å². The third-order valence-electron chi connectivity index (χ3n) is 2.45. The molecule has 1 rings (SSSR count). The molecule has 0 radical (unpaired) electrons. The van der Waals surface area contributed by atoms with Gasteiger partial charge in [-0.2, -0.15) is 21.6 Å². The van der Waals surface area contributed by atoms with Crippen LogP contribution in [0.25, 0.3) is 0 Å². The van der Waals surface area contributed by atoms with Gasteiger partial charge in [-0.25, -0.2) is 0 Å². The smallest absolute Gasteiger partial charge is 0.437 e. The van der Waals surface area contributed by atoms with Crippen LogP contribution in [0, 0.1) is 0 Å². The van der Waals surface area contributed by atoms with Gasteiger partial charge in [0.25, 0.3) is 0 Å². The van der Waals surface area contributed by atoms with E-state index < -0.39 is 44.1 Å². The van der Waals surface area contributed by atoms with Crippen LogP contribution in [0.4, 0.5) is 13.2 Å². The third kappa shape index (κ3) is 6.45. The van der Waals surface area contributed by atoms with Gasteiger partial charge in [0.2, 0.25) is 0 Å². The van der Waals surface area contributed by atoms with E-state index in [1.54, 1.807) is 0 Å². The van der Waals surface area contributed by atoms with Crippen LogP contribution in [0.2, 0.25) is 0 Å². The average molecular weight is 388 g/mol. The van der Waals surface area contributed by atoms with Crippen molar-refractivity contribution in [2.24, 2.45) is 5.16 Å². The van der Waals surface area contributed by atoms with Crippen LogP contribution in [0.3, 0.4) is 0 Å². The van der Waals surface area contributed by atoms with Crippen LogP contribution in [0.5, 0.6) is 5.75 Å². The lowest BCUT2D eigenvalue weighted by molar-refractivity contribution is -0.0620. The first-order valence-electron chi connectivity index (χ1n) is 6.33. The van der Waals surface area contributed by atoms with Crippen molar-refractivity contribution in [3.8, 4) is 5.75 Å². The summed E-state index contributed by atoms with van der Waals surface area (Å²) < 4.78 is 87.0. The number of rotatable bonds is 7. The van der Waals surface area contributed by atoms with Gasteiger partial charge < -0.3 is 13.6 Å². The fraction of sp³-hybridized carbons (Fsp3) is 0.417. The Hall–Kier alpha value is -1.66. The molecule has 0 aliphatic rings. The van der Waals surface area contributed by atoms with E-state index in [2.05, 4.69) is 14.2 Å². The Morgan fingerprint density at radius 1 is 1.33 bits per heavy atom. The van der Waals surface area contributed by atoms with E-state index >= 15 is 0 Å². The van der Waals surface area contributed by atoms with Crippen molar-refractivity contribution in [1.29, 1.82) is 0 Å². The fourth-order valence-electron chi connectivity index (χ4n) is 1.47. The van der Waals surface area contributed by atoms with Crippen LogP contribution in [0.15, 0.2) is 29.4 Å². The number of hydrogen-bond acceptors (Lipinski definition) is 7. The molecule has 12 heteroatoms. The molecule has 2 atom stereocenters. The van der Waals surface area contributed by atoms with Crippen molar-refractivity contribution < 1.29 is 39.4 Å². The van der Waals surface area contributed by atoms with Crippen molar-refractivity contribution in [2.45, 2.75) is 25.0 Å². The molecule has 0 saturated heterocycles. The standard InChI is InChI=1S/C12H14F3NO6S2/c1-3-10(23(17)18)21-16-11(12(13,14)15)8-4-6-9(7-5-8)22-24(2,19)20/h4-7,10H,3H2,1-2H3,(H,17,18)/p-1. The lowest BCUT2D eigenvalue weighted by atomic mass is 10.1. The topological polar surface area (TPSA) is 105 Å². The van der Waals surface area contributed by atoms with Gasteiger partial charge in [0, 0.05) is 5.56 Å². The van der Waals surface area contributed by atoms with Crippen LogP contribution in [0.1, 0.15) is 18.9 Å². The molecule has 0 aliphatic heterocycles. The molecular formula is C12H13F3NO6S2-. The molecule has 0 heterocycles. The zero-order chi connectivity index (χ0) is 18.5. The molecule has 0 amide bonds. The van der Waals surface area contributed by atoms with Crippen molar-refractivity contribution in [3.05, 3.63) is 29.8 Å². The summed E-state index contributed by atoms with van der Waals surface area (Å²) in [6, 6.07) is 3.85. The Labute approximate surface area is 138 Å². The molecule has 24 heavy (non-hydrogen) atoms. The summed E-state index contributed by atoms with van der Waals surface area (Å²) in [5.74, 6) is -0.184. The lowest BCUT2D eigenvalue weighted by Gasteiger charge is -2.17. The Bertz CT molecular complexity index is 715. The number of halogens is 3. The monoisotopic (exact) mass is 388 g/mol. The SMILES string of the molecule is CCC(ON=C(c1ccc(OS(C)(=O)=O)cc1)C(F)(F)F)S(=O)[O-]. The quantitative estimate of drug-likeness (QED) is 0.306. The van der Waals surface area contributed by atoms with Crippen molar-refractivity contribution in [2.75, 3.05) is 6.26 Å². The molecular weight excluding hydrogens is 375 g/mol. The van der Waals surface area contributed by atoms with E-state index in [4.69, 9.17) is 0 Å². The number of nitrogens with zero attached hydrogens (tertiary/aromatic N) is 1. The molecule has 136 valence electrons. The van der Waals surface area contributed by atoms with E-state index in [-0.39, 0.29) is 12.2 Å². The lowest BCUT2D eigenvalue weighted by Crippen LogP contribution is -2.26. The fourth-order valence-corrected chi connectivity index (χ4v) is 2.31. The molecule has 0 aromatic heterocycles. The van der Waals surface area contributed by atoms with Crippen LogP contribution >= 0.6 is 0 Å². The predicted octanol–water partition coefficient (Wildman–Crippen LogP) is 1.92. The second-order valence-corrected chi connectivity index (χ2v) is 7.07. The molecule has 0 spiro atoms. The highest BCUT2D eigenvalue weighted by Crippen LogP contribution is 2.25. The van der Waals surface area contributed by atoms with Gasteiger partial charge in [-0.1, -0.05) is 12.1 Å². The zero-order valence-electron chi connectivity index (χ0n) is 12.4. The van der Waals surface area contributed by atoms with Gasteiger partial charge in [-0.15, -0.1) is 0 Å². The maximum atomic E-state index is 13.0. The summed E-state index contributed by atoms with van der Waals surface area (Å²) in [6.07, 6.45) is -4.22. The zero-order valence-corrected chi connectivity index (χ0v) is 14.1. The Morgan fingerprint density at radius 2 is 1.88 bits per heavy atom. The first kappa shape index (κ1) is 20.4. The van der Waals surface area contributed by atoms with Gasteiger partial charge in [0.05, 0.1) is 6.26 Å². The normalized spacial score (nSPS) is 15.7. The minimum absolute atomic E-state index is 0.0914. The molecule has 1 aromatic carbocycles. The van der Waals surface area contributed by atoms with Gasteiger partial charge in [0.1, 0.15) is 5.75 Å². The maximum Gasteiger partial charge on any atom is 0.437 e. The van der Waals surface area contributed by atoms with Crippen molar-refractivity contribution in [3.63, 3.8) is 0 Å². The Kier molecular flexibility index (Phi) is 6.75. The van der Waals surface area contributed by atoms with E-state index in [0.717, 1.165) is 30.5 Å². The Morgan fingerprint density at radius 3 is 2.25 bits per heavy atom. The summed E-state index contributed by atoms with van der Waals surface area (Å²) in [4.78, 5) is 4.43. The molecule has 0 fully saturated rings. The molecule has 0 N–H and O–H groups in total. The number of oxime groups is 1. The molecule has 2 unspecified atom stereocenters. The highest BCUT2D eigenvalue weighted by Gasteiger charge is 2.38. The predicted molar refractivity (Wildman–Crippen MR) is 78.6 cm³/mol.